The average Bonchev–Trinajstić information content (AvgIpc) is 3.23. The predicted molar refractivity (Wildman–Crippen MR) is 109 cm³/mol. The van der Waals surface area contributed by atoms with Crippen molar-refractivity contribution in [2.75, 3.05) is 13.2 Å². The third-order valence-corrected chi connectivity index (χ3v) is 5.09. The van der Waals surface area contributed by atoms with Crippen LogP contribution in [0.2, 0.25) is 0 Å². The molecule has 148 valence electrons. The first-order chi connectivity index (χ1) is 14.1. The van der Waals surface area contributed by atoms with Gasteiger partial charge in [-0.15, -0.1) is 0 Å². The van der Waals surface area contributed by atoms with Crippen molar-refractivity contribution < 1.29 is 19.1 Å². The summed E-state index contributed by atoms with van der Waals surface area (Å²) in [5, 5.41) is 9.67. The van der Waals surface area contributed by atoms with E-state index in [1.54, 1.807) is 6.07 Å². The maximum atomic E-state index is 12.3. The molecule has 0 fully saturated rings. The zero-order valence-corrected chi connectivity index (χ0v) is 16.9. The number of hydrogen-bond acceptors (Lipinski definition) is 5. The molecule has 0 bridgehead atoms. The number of halogens is 1. The number of ether oxygens (including phenoxy) is 2. The molecule has 1 unspecified atom stereocenters. The summed E-state index contributed by atoms with van der Waals surface area (Å²) in [6.45, 7) is 0.153. The Kier molecular flexibility index (Phi) is 5.62. The second kappa shape index (κ2) is 8.48. The first-order valence-electron chi connectivity index (χ1n) is 9.10. The van der Waals surface area contributed by atoms with Gasteiger partial charge in [-0.2, -0.15) is 5.10 Å². The number of hydrogen-bond donors (Lipinski definition) is 2. The van der Waals surface area contributed by atoms with Crippen LogP contribution in [0.5, 0.6) is 5.75 Å². The van der Waals surface area contributed by atoms with Crippen molar-refractivity contribution in [3.05, 3.63) is 70.3 Å². The second-order valence-electron chi connectivity index (χ2n) is 6.54. The number of para-hydroxylation sites is 1. The highest BCUT2D eigenvalue weighted by Gasteiger charge is 2.23. The van der Waals surface area contributed by atoms with Gasteiger partial charge in [0.25, 0.3) is 5.91 Å². The Hall–Kier alpha value is -3.13. The topological polar surface area (TPSA) is 93.3 Å². The van der Waals surface area contributed by atoms with Crippen molar-refractivity contribution in [3.8, 4) is 17.0 Å². The highest BCUT2D eigenvalue weighted by atomic mass is 79.9. The smallest absolute Gasteiger partial charge is 0.356 e. The molecule has 1 aliphatic rings. The number of H-pyrrole nitrogens is 1. The van der Waals surface area contributed by atoms with E-state index in [1.807, 2.05) is 48.5 Å². The van der Waals surface area contributed by atoms with Crippen LogP contribution < -0.4 is 10.1 Å². The normalized spacial score (nSPS) is 15.1. The highest BCUT2D eigenvalue weighted by Crippen LogP contribution is 2.31. The maximum absolute atomic E-state index is 12.3. The van der Waals surface area contributed by atoms with Gasteiger partial charge in [-0.05, 0) is 24.3 Å². The monoisotopic (exact) mass is 455 g/mol. The zero-order chi connectivity index (χ0) is 20.2. The number of aromatic amines is 1. The number of carbonyl (C=O) groups is 2. The molecule has 29 heavy (non-hydrogen) atoms. The van der Waals surface area contributed by atoms with Gasteiger partial charge in [0.2, 0.25) is 0 Å². The SMILES string of the molecule is O=C(COC(=O)c1cc(-c2ccc(Br)cc2)n[nH]1)NC1CCOc2ccccc21. The number of esters is 1. The van der Waals surface area contributed by atoms with Gasteiger partial charge < -0.3 is 14.8 Å². The van der Waals surface area contributed by atoms with Crippen molar-refractivity contribution >= 4 is 27.8 Å². The summed E-state index contributed by atoms with van der Waals surface area (Å²) in [4.78, 5) is 24.5. The van der Waals surface area contributed by atoms with Crippen molar-refractivity contribution in [1.82, 2.24) is 15.5 Å². The Morgan fingerprint density at radius 1 is 1.21 bits per heavy atom. The van der Waals surface area contributed by atoms with Gasteiger partial charge in [-0.3, -0.25) is 9.89 Å². The third kappa shape index (κ3) is 4.48. The summed E-state index contributed by atoms with van der Waals surface area (Å²) in [7, 11) is 0. The molecule has 1 aromatic heterocycles. The van der Waals surface area contributed by atoms with Crippen LogP contribution in [0.25, 0.3) is 11.3 Å². The number of nitrogens with one attached hydrogen (secondary N) is 2. The molecule has 0 saturated heterocycles. The first kappa shape index (κ1) is 19.2. The molecule has 0 spiro atoms. The van der Waals surface area contributed by atoms with Crippen molar-refractivity contribution in [3.63, 3.8) is 0 Å². The number of rotatable bonds is 5. The lowest BCUT2D eigenvalue weighted by Gasteiger charge is -2.26. The average molecular weight is 456 g/mol. The summed E-state index contributed by atoms with van der Waals surface area (Å²) in [6.07, 6.45) is 0.661. The number of aromatic nitrogens is 2. The minimum atomic E-state index is -0.636. The Bertz CT molecular complexity index is 1030. The standard InChI is InChI=1S/C21H18BrN3O4/c22-14-7-5-13(6-8-14)17-11-18(25-24-17)21(27)29-12-20(26)23-16-9-10-28-19-4-2-1-3-15(16)19/h1-8,11,16H,9-10,12H2,(H,23,26)(H,24,25). The van der Waals surface area contributed by atoms with E-state index in [1.165, 1.54) is 0 Å². The molecular formula is C21H18BrN3O4. The van der Waals surface area contributed by atoms with Gasteiger partial charge in [-0.25, -0.2) is 4.79 Å². The van der Waals surface area contributed by atoms with E-state index in [-0.39, 0.29) is 24.2 Å². The molecule has 1 atom stereocenters. The lowest BCUT2D eigenvalue weighted by Crippen LogP contribution is -2.35. The van der Waals surface area contributed by atoms with E-state index >= 15 is 0 Å². The van der Waals surface area contributed by atoms with Gasteiger partial charge in [0.1, 0.15) is 11.4 Å². The molecule has 0 radical (unpaired) electrons. The molecule has 2 heterocycles. The Morgan fingerprint density at radius 3 is 2.83 bits per heavy atom. The molecule has 8 heteroatoms. The molecule has 1 aliphatic heterocycles. The Balaban J connectivity index is 1.33. The van der Waals surface area contributed by atoms with E-state index < -0.39 is 5.97 Å². The number of amides is 1. The molecule has 2 aromatic carbocycles. The molecule has 0 saturated carbocycles. The van der Waals surface area contributed by atoms with Crippen LogP contribution in [0.3, 0.4) is 0 Å². The zero-order valence-electron chi connectivity index (χ0n) is 15.4. The van der Waals surface area contributed by atoms with Crippen LogP contribution in [0, 0.1) is 0 Å². The minimum absolute atomic E-state index is 0.165. The molecule has 1 amide bonds. The van der Waals surface area contributed by atoms with Crippen LogP contribution in [-0.4, -0.2) is 35.3 Å². The van der Waals surface area contributed by atoms with Gasteiger partial charge in [0.15, 0.2) is 6.61 Å². The van der Waals surface area contributed by atoms with Crippen LogP contribution in [-0.2, 0) is 9.53 Å². The van der Waals surface area contributed by atoms with Gasteiger partial charge >= 0.3 is 5.97 Å². The fourth-order valence-corrected chi connectivity index (χ4v) is 3.40. The predicted octanol–water partition coefficient (Wildman–Crippen LogP) is 3.64. The largest absolute Gasteiger partial charge is 0.493 e. The fourth-order valence-electron chi connectivity index (χ4n) is 3.13. The van der Waals surface area contributed by atoms with E-state index in [9.17, 15) is 9.59 Å². The summed E-state index contributed by atoms with van der Waals surface area (Å²) in [5.41, 5.74) is 2.59. The van der Waals surface area contributed by atoms with E-state index in [4.69, 9.17) is 9.47 Å². The molecule has 2 N–H and O–H groups in total. The van der Waals surface area contributed by atoms with Crippen LogP contribution in [0.4, 0.5) is 0 Å². The third-order valence-electron chi connectivity index (χ3n) is 4.57. The lowest BCUT2D eigenvalue weighted by molar-refractivity contribution is -0.125. The van der Waals surface area contributed by atoms with Crippen LogP contribution in [0.15, 0.2) is 59.1 Å². The number of benzene rings is 2. The van der Waals surface area contributed by atoms with E-state index in [0.29, 0.717) is 18.7 Å². The van der Waals surface area contributed by atoms with Gasteiger partial charge in [-0.1, -0.05) is 46.3 Å². The van der Waals surface area contributed by atoms with Gasteiger partial charge in [0, 0.05) is 22.0 Å². The van der Waals surface area contributed by atoms with Crippen molar-refractivity contribution in [2.45, 2.75) is 12.5 Å². The van der Waals surface area contributed by atoms with Crippen molar-refractivity contribution in [1.29, 1.82) is 0 Å². The number of nitrogens with zero attached hydrogens (tertiary/aromatic N) is 1. The van der Waals surface area contributed by atoms with Crippen LogP contribution in [0.1, 0.15) is 28.5 Å². The molecular weight excluding hydrogens is 438 g/mol. The van der Waals surface area contributed by atoms with Crippen LogP contribution >= 0.6 is 15.9 Å². The highest BCUT2D eigenvalue weighted by molar-refractivity contribution is 9.10. The Morgan fingerprint density at radius 2 is 2.00 bits per heavy atom. The summed E-state index contributed by atoms with van der Waals surface area (Å²) >= 11 is 3.38. The minimum Gasteiger partial charge on any atom is -0.493 e. The van der Waals surface area contributed by atoms with E-state index in [0.717, 1.165) is 21.3 Å². The first-order valence-corrected chi connectivity index (χ1v) is 9.89. The summed E-state index contributed by atoms with van der Waals surface area (Å²) in [5.74, 6) is -0.241. The summed E-state index contributed by atoms with van der Waals surface area (Å²) < 4.78 is 11.7. The molecule has 0 aliphatic carbocycles. The van der Waals surface area contributed by atoms with E-state index in [2.05, 4.69) is 31.4 Å². The molecule has 3 aromatic rings. The molecule has 7 nitrogen and oxygen atoms in total. The summed E-state index contributed by atoms with van der Waals surface area (Å²) in [6, 6.07) is 16.5. The number of fused-ring (bicyclic) bond motifs is 1. The number of carbonyl (C=O) groups excluding carboxylic acids is 2. The quantitative estimate of drug-likeness (QED) is 0.572. The van der Waals surface area contributed by atoms with Gasteiger partial charge in [0.05, 0.1) is 18.3 Å². The lowest BCUT2D eigenvalue weighted by atomic mass is 10.0. The fraction of sp³-hybridized carbons (Fsp3) is 0.190. The Labute approximate surface area is 175 Å². The second-order valence-corrected chi connectivity index (χ2v) is 7.46. The molecule has 4 rings (SSSR count). The maximum Gasteiger partial charge on any atom is 0.356 e. The van der Waals surface area contributed by atoms with Crippen molar-refractivity contribution in [2.24, 2.45) is 0 Å².